The fraction of sp³-hybridized carbons (Fsp3) is 0.368. The van der Waals surface area contributed by atoms with E-state index in [0.717, 1.165) is 17.9 Å². The molecule has 1 heterocycles. The molecule has 0 saturated heterocycles. The molecule has 6 heteroatoms. The molecule has 0 spiro atoms. The van der Waals surface area contributed by atoms with Gasteiger partial charge in [-0.05, 0) is 35.7 Å². The topological polar surface area (TPSA) is 72.5 Å². The van der Waals surface area contributed by atoms with Crippen LogP contribution in [0.25, 0.3) is 0 Å². The minimum absolute atomic E-state index is 0.114. The number of pyridine rings is 1. The van der Waals surface area contributed by atoms with Crippen LogP contribution in [0.5, 0.6) is 11.5 Å². The Morgan fingerprint density at radius 2 is 1.88 bits per heavy atom. The van der Waals surface area contributed by atoms with Crippen LogP contribution in [-0.4, -0.2) is 31.7 Å². The summed E-state index contributed by atoms with van der Waals surface area (Å²) in [6.07, 6.45) is 1.89. The van der Waals surface area contributed by atoms with Gasteiger partial charge in [0.25, 0.3) is 0 Å². The van der Waals surface area contributed by atoms with Crippen molar-refractivity contribution in [1.82, 2.24) is 4.98 Å². The molecule has 25 heavy (non-hydrogen) atoms. The molecule has 0 radical (unpaired) electrons. The van der Waals surface area contributed by atoms with Gasteiger partial charge in [-0.25, -0.2) is 4.98 Å². The lowest BCUT2D eigenvalue weighted by molar-refractivity contribution is -0.115. The third-order valence-corrected chi connectivity index (χ3v) is 3.55. The van der Waals surface area contributed by atoms with Gasteiger partial charge in [0.2, 0.25) is 5.91 Å². The second-order valence-electron chi connectivity index (χ2n) is 6.12. The third-order valence-electron chi connectivity index (χ3n) is 3.55. The lowest BCUT2D eigenvalue weighted by Gasteiger charge is -2.11. The highest BCUT2D eigenvalue weighted by Crippen LogP contribution is 2.27. The van der Waals surface area contributed by atoms with Crippen LogP contribution in [-0.2, 0) is 11.2 Å². The lowest BCUT2D eigenvalue weighted by Crippen LogP contribution is -2.15. The normalized spacial score (nSPS) is 10.4. The number of ether oxygens (including phenoxy) is 2. The second-order valence-corrected chi connectivity index (χ2v) is 6.12. The number of amides is 1. The molecule has 2 aromatic rings. The Bertz CT molecular complexity index is 700. The summed E-state index contributed by atoms with van der Waals surface area (Å²) in [5, 5.41) is 6.09. The first-order chi connectivity index (χ1) is 12.0. The van der Waals surface area contributed by atoms with Gasteiger partial charge < -0.3 is 20.1 Å². The number of carbonyl (C=O) groups excluding carboxylic acids is 1. The van der Waals surface area contributed by atoms with Crippen molar-refractivity contribution in [2.75, 3.05) is 31.4 Å². The maximum absolute atomic E-state index is 12.2. The van der Waals surface area contributed by atoms with E-state index in [2.05, 4.69) is 29.5 Å². The van der Waals surface area contributed by atoms with Gasteiger partial charge in [-0.15, -0.1) is 0 Å². The molecule has 0 fully saturated rings. The van der Waals surface area contributed by atoms with E-state index >= 15 is 0 Å². The Hall–Kier alpha value is -2.76. The molecular weight excluding hydrogens is 318 g/mol. The molecule has 0 aliphatic rings. The Morgan fingerprint density at radius 1 is 1.12 bits per heavy atom. The van der Waals surface area contributed by atoms with E-state index in [1.54, 1.807) is 32.5 Å². The van der Waals surface area contributed by atoms with Gasteiger partial charge in [0.05, 0.1) is 32.5 Å². The Balaban J connectivity index is 1.93. The Labute approximate surface area is 148 Å². The number of anilines is 2. The van der Waals surface area contributed by atoms with Gasteiger partial charge in [0.1, 0.15) is 5.82 Å². The quantitative estimate of drug-likeness (QED) is 0.769. The monoisotopic (exact) mass is 343 g/mol. The summed E-state index contributed by atoms with van der Waals surface area (Å²) in [5.74, 6) is 2.47. The van der Waals surface area contributed by atoms with Crippen LogP contribution in [0.4, 0.5) is 11.5 Å². The van der Waals surface area contributed by atoms with E-state index in [1.807, 2.05) is 18.2 Å². The molecule has 1 aromatic heterocycles. The van der Waals surface area contributed by atoms with Gasteiger partial charge in [-0.1, -0.05) is 19.9 Å². The number of nitrogens with one attached hydrogen (secondary N) is 2. The number of carbonyl (C=O) groups is 1. The van der Waals surface area contributed by atoms with Gasteiger partial charge in [-0.2, -0.15) is 0 Å². The fourth-order valence-electron chi connectivity index (χ4n) is 2.26. The predicted molar refractivity (Wildman–Crippen MR) is 99.4 cm³/mol. The van der Waals surface area contributed by atoms with Crippen molar-refractivity contribution in [3.63, 3.8) is 0 Å². The molecule has 1 amide bonds. The van der Waals surface area contributed by atoms with E-state index in [-0.39, 0.29) is 12.3 Å². The first-order valence-electron chi connectivity index (χ1n) is 8.22. The highest BCUT2D eigenvalue weighted by Gasteiger charge is 2.09. The second kappa shape index (κ2) is 8.92. The Morgan fingerprint density at radius 3 is 2.48 bits per heavy atom. The number of rotatable bonds is 8. The van der Waals surface area contributed by atoms with Crippen LogP contribution in [0.15, 0.2) is 36.5 Å². The van der Waals surface area contributed by atoms with Crippen molar-refractivity contribution in [2.24, 2.45) is 5.92 Å². The smallest absolute Gasteiger partial charge is 0.228 e. The number of aromatic nitrogens is 1. The molecule has 2 rings (SSSR count). The number of nitrogens with zero attached hydrogens (tertiary/aromatic N) is 1. The van der Waals surface area contributed by atoms with Crippen molar-refractivity contribution in [2.45, 2.75) is 20.3 Å². The summed E-state index contributed by atoms with van der Waals surface area (Å²) in [6, 6.07) is 9.13. The SMILES string of the molecule is COc1ccc(CC(=O)Nc2ccc(NCC(C)C)nc2)cc1OC. The number of benzene rings is 1. The average molecular weight is 343 g/mol. The predicted octanol–water partition coefficient (Wildman–Crippen LogP) is 3.35. The number of hydrogen-bond donors (Lipinski definition) is 2. The molecule has 0 saturated carbocycles. The fourth-order valence-corrected chi connectivity index (χ4v) is 2.26. The van der Waals surface area contributed by atoms with Crippen molar-refractivity contribution in [3.05, 3.63) is 42.1 Å². The van der Waals surface area contributed by atoms with E-state index in [0.29, 0.717) is 23.1 Å². The largest absolute Gasteiger partial charge is 0.493 e. The van der Waals surface area contributed by atoms with Gasteiger partial charge >= 0.3 is 0 Å². The highest BCUT2D eigenvalue weighted by molar-refractivity contribution is 5.92. The summed E-state index contributed by atoms with van der Waals surface area (Å²) in [4.78, 5) is 16.5. The maximum atomic E-state index is 12.2. The summed E-state index contributed by atoms with van der Waals surface area (Å²) in [5.41, 5.74) is 1.51. The minimum Gasteiger partial charge on any atom is -0.493 e. The average Bonchev–Trinajstić information content (AvgIpc) is 2.60. The third kappa shape index (κ3) is 5.67. The maximum Gasteiger partial charge on any atom is 0.228 e. The minimum atomic E-state index is -0.114. The number of methoxy groups -OCH3 is 2. The standard InChI is InChI=1S/C19H25N3O3/c1-13(2)11-20-18-8-6-15(12-21-18)22-19(23)10-14-5-7-16(24-3)17(9-14)25-4/h5-9,12-13H,10-11H2,1-4H3,(H,20,21)(H,22,23). The van der Waals surface area contributed by atoms with Gasteiger partial charge in [0, 0.05) is 6.54 Å². The molecule has 0 aliphatic heterocycles. The molecule has 1 aromatic carbocycles. The van der Waals surface area contributed by atoms with Crippen molar-refractivity contribution in [3.8, 4) is 11.5 Å². The van der Waals surface area contributed by atoms with Crippen LogP contribution in [0.3, 0.4) is 0 Å². The van der Waals surface area contributed by atoms with Crippen molar-refractivity contribution in [1.29, 1.82) is 0 Å². The van der Waals surface area contributed by atoms with Crippen LogP contribution in [0, 0.1) is 5.92 Å². The van der Waals surface area contributed by atoms with Crippen LogP contribution in [0.2, 0.25) is 0 Å². The first-order valence-corrected chi connectivity index (χ1v) is 8.22. The lowest BCUT2D eigenvalue weighted by atomic mass is 10.1. The molecule has 0 bridgehead atoms. The van der Waals surface area contributed by atoms with E-state index in [1.165, 1.54) is 0 Å². The molecule has 6 nitrogen and oxygen atoms in total. The number of hydrogen-bond acceptors (Lipinski definition) is 5. The van der Waals surface area contributed by atoms with Crippen molar-refractivity contribution >= 4 is 17.4 Å². The molecule has 0 aliphatic carbocycles. The van der Waals surface area contributed by atoms with Crippen molar-refractivity contribution < 1.29 is 14.3 Å². The molecule has 134 valence electrons. The van der Waals surface area contributed by atoms with E-state index < -0.39 is 0 Å². The zero-order valence-electron chi connectivity index (χ0n) is 15.1. The van der Waals surface area contributed by atoms with Crippen LogP contribution < -0.4 is 20.1 Å². The summed E-state index contributed by atoms with van der Waals surface area (Å²) >= 11 is 0. The van der Waals surface area contributed by atoms with Gasteiger partial charge in [0.15, 0.2) is 11.5 Å². The van der Waals surface area contributed by atoms with E-state index in [9.17, 15) is 4.79 Å². The van der Waals surface area contributed by atoms with E-state index in [4.69, 9.17) is 9.47 Å². The summed E-state index contributed by atoms with van der Waals surface area (Å²) in [6.45, 7) is 5.13. The molecular formula is C19H25N3O3. The Kier molecular flexibility index (Phi) is 6.62. The molecule has 0 unspecified atom stereocenters. The first kappa shape index (κ1) is 18.6. The zero-order chi connectivity index (χ0) is 18.2. The summed E-state index contributed by atoms with van der Waals surface area (Å²) < 4.78 is 10.5. The zero-order valence-corrected chi connectivity index (χ0v) is 15.1. The van der Waals surface area contributed by atoms with Crippen LogP contribution >= 0.6 is 0 Å². The molecule has 2 N–H and O–H groups in total. The van der Waals surface area contributed by atoms with Crippen LogP contribution in [0.1, 0.15) is 19.4 Å². The molecule has 0 atom stereocenters. The van der Waals surface area contributed by atoms with Gasteiger partial charge in [-0.3, -0.25) is 4.79 Å². The summed E-state index contributed by atoms with van der Waals surface area (Å²) in [7, 11) is 3.15. The highest BCUT2D eigenvalue weighted by atomic mass is 16.5.